The molecule has 0 bridgehead atoms. The van der Waals surface area contributed by atoms with Gasteiger partial charge in [-0.1, -0.05) is 30.8 Å². The Morgan fingerprint density at radius 1 is 1.09 bits per heavy atom. The Morgan fingerprint density at radius 2 is 1.76 bits per heavy atom. The summed E-state index contributed by atoms with van der Waals surface area (Å²) in [5.41, 5.74) is 3.88. The molecule has 3 aromatic rings. The van der Waals surface area contributed by atoms with Crippen LogP contribution in [0.25, 0.3) is 15.9 Å². The first-order valence-electron chi connectivity index (χ1n) is 11.5. The van der Waals surface area contributed by atoms with E-state index in [1.165, 1.54) is 23.1 Å². The summed E-state index contributed by atoms with van der Waals surface area (Å²) in [5.74, 6) is 0.217. The van der Waals surface area contributed by atoms with Gasteiger partial charge in [-0.15, -0.1) is 11.3 Å². The first-order chi connectivity index (χ1) is 16.2. The van der Waals surface area contributed by atoms with E-state index >= 15 is 0 Å². The van der Waals surface area contributed by atoms with Crippen molar-refractivity contribution in [1.29, 1.82) is 0 Å². The lowest BCUT2D eigenvalue weighted by Gasteiger charge is -2.34. The van der Waals surface area contributed by atoms with Crippen molar-refractivity contribution in [3.8, 4) is 5.69 Å². The molecule has 4 rings (SSSR count). The van der Waals surface area contributed by atoms with Gasteiger partial charge in [0.1, 0.15) is 4.83 Å². The smallest absolute Gasteiger partial charge is 0.267 e. The number of carbonyl (C=O) groups is 2. The summed E-state index contributed by atoms with van der Waals surface area (Å²) >= 11 is 2.84. The number of rotatable bonds is 5. The molecule has 1 aliphatic rings. The van der Waals surface area contributed by atoms with Crippen LogP contribution in [0.2, 0.25) is 0 Å². The summed E-state index contributed by atoms with van der Waals surface area (Å²) in [5, 5.41) is 1.22. The minimum atomic E-state index is -0.0788. The Bertz CT molecular complexity index is 1320. The van der Waals surface area contributed by atoms with Gasteiger partial charge in [0.15, 0.2) is 5.16 Å². The fourth-order valence-corrected chi connectivity index (χ4v) is 6.46. The number of carbonyl (C=O) groups excluding carboxylic acids is 2. The van der Waals surface area contributed by atoms with E-state index < -0.39 is 0 Å². The Balaban J connectivity index is 1.70. The number of fused-ring (bicyclic) bond motifs is 1. The molecule has 0 unspecified atom stereocenters. The lowest BCUT2D eigenvalue weighted by Crippen LogP contribution is -2.50. The van der Waals surface area contributed by atoms with Gasteiger partial charge in [0.05, 0.1) is 16.8 Å². The van der Waals surface area contributed by atoms with E-state index in [1.807, 2.05) is 39.0 Å². The molecule has 1 aromatic carbocycles. The second-order valence-electron chi connectivity index (χ2n) is 8.60. The third-order valence-corrected chi connectivity index (χ3v) is 8.53. The molecule has 0 spiro atoms. The largest absolute Gasteiger partial charge is 0.339 e. The normalized spacial score (nSPS) is 14.1. The van der Waals surface area contributed by atoms with Crippen molar-refractivity contribution in [1.82, 2.24) is 19.4 Å². The van der Waals surface area contributed by atoms with Gasteiger partial charge in [-0.3, -0.25) is 19.0 Å². The van der Waals surface area contributed by atoms with E-state index in [1.54, 1.807) is 21.3 Å². The summed E-state index contributed by atoms with van der Waals surface area (Å²) in [6.45, 7) is 11.8. The summed E-state index contributed by atoms with van der Waals surface area (Å²) < 4.78 is 1.68. The topological polar surface area (TPSA) is 75.5 Å². The molecule has 34 heavy (non-hydrogen) atoms. The molecule has 2 amide bonds. The second kappa shape index (κ2) is 9.92. The number of hydrogen-bond donors (Lipinski definition) is 0. The van der Waals surface area contributed by atoms with Crippen molar-refractivity contribution < 1.29 is 9.59 Å². The molecule has 0 saturated carbocycles. The molecule has 0 N–H and O–H groups in total. The zero-order valence-corrected chi connectivity index (χ0v) is 21.9. The van der Waals surface area contributed by atoms with Crippen molar-refractivity contribution >= 4 is 45.1 Å². The monoisotopic (exact) mass is 498 g/mol. The number of benzene rings is 1. The van der Waals surface area contributed by atoms with E-state index in [9.17, 15) is 14.4 Å². The number of nitrogens with zero attached hydrogens (tertiary/aromatic N) is 4. The van der Waals surface area contributed by atoms with E-state index in [4.69, 9.17) is 4.98 Å². The van der Waals surface area contributed by atoms with Crippen LogP contribution in [-0.4, -0.2) is 63.1 Å². The Hall–Kier alpha value is -2.65. The molecule has 0 atom stereocenters. The molecular weight excluding hydrogens is 468 g/mol. The van der Waals surface area contributed by atoms with Crippen molar-refractivity contribution in [2.24, 2.45) is 0 Å². The van der Waals surface area contributed by atoms with Crippen molar-refractivity contribution in [3.63, 3.8) is 0 Å². The molecule has 1 fully saturated rings. The van der Waals surface area contributed by atoms with E-state index in [0.717, 1.165) is 38.5 Å². The van der Waals surface area contributed by atoms with Gasteiger partial charge in [-0.05, 0) is 49.9 Å². The summed E-state index contributed by atoms with van der Waals surface area (Å²) in [7, 11) is 0. The standard InChI is InChI=1S/C25H30N4O3S2/c1-6-19-17(4)34-23-22(19)24(32)29(20-9-7-8-15(2)16(20)3)25(26-23)33-14-21(31)28-12-10-27(11-13-28)18(5)30/h7-9H,6,10-14H2,1-5H3. The van der Waals surface area contributed by atoms with Crippen LogP contribution in [0, 0.1) is 20.8 Å². The SMILES string of the molecule is CCc1c(C)sc2nc(SCC(=O)N3CCN(C(C)=O)CC3)n(-c3cccc(C)c3C)c(=O)c12. The Labute approximate surface area is 207 Å². The zero-order valence-electron chi connectivity index (χ0n) is 20.3. The highest BCUT2D eigenvalue weighted by Crippen LogP contribution is 2.31. The summed E-state index contributed by atoms with van der Waals surface area (Å²) in [6.07, 6.45) is 0.771. The minimum Gasteiger partial charge on any atom is -0.339 e. The van der Waals surface area contributed by atoms with Gasteiger partial charge in [0.2, 0.25) is 11.8 Å². The predicted molar refractivity (Wildman–Crippen MR) is 138 cm³/mol. The molecule has 9 heteroatoms. The van der Waals surface area contributed by atoms with Crippen LogP contribution in [0.1, 0.15) is 35.4 Å². The van der Waals surface area contributed by atoms with E-state index in [0.29, 0.717) is 36.7 Å². The Kier molecular flexibility index (Phi) is 7.14. The van der Waals surface area contributed by atoms with Crippen molar-refractivity contribution in [2.45, 2.75) is 46.2 Å². The van der Waals surface area contributed by atoms with Gasteiger partial charge < -0.3 is 9.80 Å². The number of amides is 2. The number of piperazine rings is 1. The molecule has 7 nitrogen and oxygen atoms in total. The quantitative estimate of drug-likeness (QED) is 0.396. The summed E-state index contributed by atoms with van der Waals surface area (Å²) in [4.78, 5) is 48.6. The fraction of sp³-hybridized carbons (Fsp3) is 0.440. The molecule has 0 aliphatic carbocycles. The summed E-state index contributed by atoms with van der Waals surface area (Å²) in [6, 6.07) is 5.91. The van der Waals surface area contributed by atoms with Crippen LogP contribution in [-0.2, 0) is 16.0 Å². The minimum absolute atomic E-state index is 0.00771. The predicted octanol–water partition coefficient (Wildman–Crippen LogP) is 3.72. The zero-order chi connectivity index (χ0) is 24.6. The number of thioether (sulfide) groups is 1. The molecule has 0 radical (unpaired) electrons. The van der Waals surface area contributed by atoms with Gasteiger partial charge in [-0.25, -0.2) is 4.98 Å². The lowest BCUT2D eigenvalue weighted by atomic mass is 10.1. The molecule has 3 heterocycles. The van der Waals surface area contributed by atoms with Crippen molar-refractivity contribution in [3.05, 3.63) is 50.1 Å². The van der Waals surface area contributed by atoms with Crippen LogP contribution < -0.4 is 5.56 Å². The van der Waals surface area contributed by atoms with Crippen molar-refractivity contribution in [2.75, 3.05) is 31.9 Å². The maximum absolute atomic E-state index is 13.8. The highest BCUT2D eigenvalue weighted by Gasteiger charge is 2.24. The van der Waals surface area contributed by atoms with E-state index in [2.05, 4.69) is 6.92 Å². The molecule has 2 aromatic heterocycles. The van der Waals surface area contributed by atoms with Crippen LogP contribution >= 0.6 is 23.1 Å². The maximum Gasteiger partial charge on any atom is 0.267 e. The number of aromatic nitrogens is 2. The molecular formula is C25H30N4O3S2. The number of thiophene rings is 1. The maximum atomic E-state index is 13.8. The second-order valence-corrected chi connectivity index (χ2v) is 10.7. The average Bonchev–Trinajstić information content (AvgIpc) is 3.15. The van der Waals surface area contributed by atoms with Gasteiger partial charge >= 0.3 is 0 Å². The fourth-order valence-electron chi connectivity index (χ4n) is 4.40. The van der Waals surface area contributed by atoms with Gasteiger partial charge in [0.25, 0.3) is 5.56 Å². The number of aryl methyl sites for hydroxylation is 3. The van der Waals surface area contributed by atoms with Crippen LogP contribution in [0.5, 0.6) is 0 Å². The molecule has 1 aliphatic heterocycles. The average molecular weight is 499 g/mol. The third kappa shape index (κ3) is 4.51. The van der Waals surface area contributed by atoms with E-state index in [-0.39, 0.29) is 23.1 Å². The van der Waals surface area contributed by atoms with Gasteiger partial charge in [0, 0.05) is 38.0 Å². The van der Waals surface area contributed by atoms with Crippen LogP contribution in [0.4, 0.5) is 0 Å². The van der Waals surface area contributed by atoms with Gasteiger partial charge in [-0.2, -0.15) is 0 Å². The molecule has 180 valence electrons. The lowest BCUT2D eigenvalue weighted by molar-refractivity contribution is -0.136. The Morgan fingerprint density at radius 3 is 2.41 bits per heavy atom. The highest BCUT2D eigenvalue weighted by atomic mass is 32.2. The molecule has 1 saturated heterocycles. The first kappa shape index (κ1) is 24.5. The van der Waals surface area contributed by atoms with Crippen LogP contribution in [0.3, 0.4) is 0 Å². The first-order valence-corrected chi connectivity index (χ1v) is 13.3. The third-order valence-electron chi connectivity index (χ3n) is 6.57. The highest BCUT2D eigenvalue weighted by molar-refractivity contribution is 7.99. The van der Waals surface area contributed by atoms with Crippen LogP contribution in [0.15, 0.2) is 28.2 Å². The number of hydrogen-bond acceptors (Lipinski definition) is 6.